The maximum absolute atomic E-state index is 14.3. The Bertz CT molecular complexity index is 1310. The van der Waals surface area contributed by atoms with Crippen molar-refractivity contribution in [2.24, 2.45) is 5.92 Å². The van der Waals surface area contributed by atoms with Gasteiger partial charge in [0.25, 0.3) is 5.91 Å². The van der Waals surface area contributed by atoms with Crippen molar-refractivity contribution < 1.29 is 33.5 Å². The van der Waals surface area contributed by atoms with Crippen LogP contribution in [0, 0.1) is 19.8 Å². The highest BCUT2D eigenvalue weighted by Crippen LogP contribution is 2.29. The van der Waals surface area contributed by atoms with E-state index in [9.17, 15) is 19.5 Å². The van der Waals surface area contributed by atoms with Crippen molar-refractivity contribution in [3.05, 3.63) is 35.2 Å². The number of anilines is 2. The minimum Gasteiger partial charge on any atom is -0.490 e. The molecule has 47 heavy (non-hydrogen) atoms. The van der Waals surface area contributed by atoms with Crippen molar-refractivity contribution in [1.29, 1.82) is 0 Å². The molecule has 2 heterocycles. The first-order chi connectivity index (χ1) is 22.3. The number of nitrogens with one attached hydrogen (secondary N) is 2. The number of rotatable bonds is 10. The number of aromatic nitrogens is 1. The molecule has 0 radical (unpaired) electrons. The Morgan fingerprint density at radius 3 is 2.55 bits per heavy atom. The molecule has 0 unspecified atom stereocenters. The minimum atomic E-state index is -0.520. The van der Waals surface area contributed by atoms with Gasteiger partial charge in [0, 0.05) is 44.8 Å². The molecule has 262 valence electrons. The minimum absolute atomic E-state index is 0.0528. The number of nitrogens with zero attached hydrogens (tertiary/aromatic N) is 4. The standard InChI is InChI=1S/C34H54N6O7/c1-22-19-40(23(2)21-41)33(43)28-18-27(35-34(44)36-32-25(4)37-47-26(32)5)14-15-29(28)46-24(3)12-9-10-17-45-30(22)20-39(8)31(42)13-11-16-38(6)7/h14-15,18,22-24,30,41H,9-13,16-17,19-21H2,1-8H3,(H2,35,36,44)/t22-,23+,24-,30+/m0/s1. The van der Waals surface area contributed by atoms with Gasteiger partial charge in [0.15, 0.2) is 5.76 Å². The lowest BCUT2D eigenvalue weighted by Gasteiger charge is -2.36. The number of aliphatic hydroxyl groups excluding tert-OH is 1. The van der Waals surface area contributed by atoms with E-state index in [4.69, 9.17) is 14.0 Å². The lowest BCUT2D eigenvalue weighted by Crippen LogP contribution is -2.48. The van der Waals surface area contributed by atoms with Gasteiger partial charge in [-0.1, -0.05) is 12.1 Å². The molecule has 0 bridgehead atoms. The summed E-state index contributed by atoms with van der Waals surface area (Å²) >= 11 is 0. The lowest BCUT2D eigenvalue weighted by atomic mass is 10.0. The fourth-order valence-electron chi connectivity index (χ4n) is 5.51. The highest BCUT2D eigenvalue weighted by atomic mass is 16.5. The number of hydrogen-bond donors (Lipinski definition) is 3. The summed E-state index contributed by atoms with van der Waals surface area (Å²) in [5, 5.41) is 19.6. The summed E-state index contributed by atoms with van der Waals surface area (Å²) in [6.07, 6.45) is 3.14. The molecule has 2 aromatic rings. The molecule has 1 aromatic heterocycles. The number of urea groups is 1. The summed E-state index contributed by atoms with van der Waals surface area (Å²) in [5.74, 6) is 0.411. The molecule has 0 saturated heterocycles. The van der Waals surface area contributed by atoms with E-state index in [1.54, 1.807) is 55.8 Å². The van der Waals surface area contributed by atoms with Crippen molar-refractivity contribution >= 4 is 29.2 Å². The van der Waals surface area contributed by atoms with Crippen LogP contribution in [0.1, 0.15) is 74.7 Å². The number of benzene rings is 1. The van der Waals surface area contributed by atoms with Gasteiger partial charge < -0.3 is 44.4 Å². The van der Waals surface area contributed by atoms with Gasteiger partial charge in [-0.2, -0.15) is 0 Å². The van der Waals surface area contributed by atoms with Gasteiger partial charge in [-0.15, -0.1) is 0 Å². The molecule has 1 aliphatic rings. The third kappa shape index (κ3) is 11.2. The molecular weight excluding hydrogens is 604 g/mol. The van der Waals surface area contributed by atoms with Crippen LogP contribution in [0.2, 0.25) is 0 Å². The second-order valence-electron chi connectivity index (χ2n) is 13.0. The monoisotopic (exact) mass is 658 g/mol. The number of likely N-dealkylation sites (N-methyl/N-ethyl adjacent to an activating group) is 1. The van der Waals surface area contributed by atoms with Gasteiger partial charge in [0.2, 0.25) is 5.91 Å². The van der Waals surface area contributed by atoms with E-state index in [-0.39, 0.29) is 48.7 Å². The second-order valence-corrected chi connectivity index (χ2v) is 13.0. The molecule has 3 rings (SSSR count). The maximum Gasteiger partial charge on any atom is 0.323 e. The highest BCUT2D eigenvalue weighted by Gasteiger charge is 2.31. The van der Waals surface area contributed by atoms with Gasteiger partial charge in [0.05, 0.1) is 30.4 Å². The molecule has 0 saturated carbocycles. The number of carbonyl (C=O) groups excluding carboxylic acids is 3. The largest absolute Gasteiger partial charge is 0.490 e. The SMILES string of the molecule is Cc1noc(C)c1NC(=O)Nc1ccc2c(c1)C(=O)N([C@H](C)CO)C[C@H](C)[C@@H](CN(C)C(=O)CCCN(C)C)OCCCC[C@H](C)O2. The summed E-state index contributed by atoms with van der Waals surface area (Å²) in [6.45, 7) is 10.9. The van der Waals surface area contributed by atoms with E-state index in [0.717, 1.165) is 32.2 Å². The van der Waals surface area contributed by atoms with E-state index in [2.05, 4.69) is 20.7 Å². The number of aryl methyl sites for hydroxylation is 2. The van der Waals surface area contributed by atoms with E-state index >= 15 is 0 Å². The fraction of sp³-hybridized carbons (Fsp3) is 0.647. The summed E-state index contributed by atoms with van der Waals surface area (Å²) in [4.78, 5) is 45.6. The molecule has 1 aromatic carbocycles. The molecule has 13 nitrogen and oxygen atoms in total. The van der Waals surface area contributed by atoms with Crippen LogP contribution in [0.3, 0.4) is 0 Å². The molecule has 0 fully saturated rings. The summed E-state index contributed by atoms with van der Waals surface area (Å²) in [5.41, 5.74) is 1.68. The summed E-state index contributed by atoms with van der Waals surface area (Å²) < 4.78 is 17.8. The van der Waals surface area contributed by atoms with Crippen LogP contribution in [0.4, 0.5) is 16.2 Å². The Morgan fingerprint density at radius 1 is 1.15 bits per heavy atom. The molecule has 3 N–H and O–H groups in total. The van der Waals surface area contributed by atoms with Gasteiger partial charge in [-0.25, -0.2) is 4.79 Å². The Labute approximate surface area is 278 Å². The van der Waals surface area contributed by atoms with Gasteiger partial charge >= 0.3 is 6.03 Å². The van der Waals surface area contributed by atoms with Crippen LogP contribution >= 0.6 is 0 Å². The molecule has 0 spiro atoms. The Kier molecular flexibility index (Phi) is 14.5. The van der Waals surface area contributed by atoms with Crippen LogP contribution in [0.5, 0.6) is 5.75 Å². The Balaban J connectivity index is 1.88. The number of carbonyl (C=O) groups is 3. The predicted octanol–water partition coefficient (Wildman–Crippen LogP) is 4.53. The molecule has 4 atom stereocenters. The van der Waals surface area contributed by atoms with Crippen LogP contribution in [0.25, 0.3) is 0 Å². The fourth-order valence-corrected chi connectivity index (χ4v) is 5.51. The van der Waals surface area contributed by atoms with E-state index < -0.39 is 12.1 Å². The van der Waals surface area contributed by atoms with E-state index in [0.29, 0.717) is 48.2 Å². The number of amides is 4. The van der Waals surface area contributed by atoms with Crippen molar-refractivity contribution in [3.8, 4) is 5.75 Å². The predicted molar refractivity (Wildman–Crippen MR) is 181 cm³/mol. The molecule has 0 aliphatic carbocycles. The quantitative estimate of drug-likeness (QED) is 0.335. The molecule has 4 amide bonds. The smallest absolute Gasteiger partial charge is 0.323 e. The first-order valence-electron chi connectivity index (χ1n) is 16.5. The molecule has 13 heteroatoms. The van der Waals surface area contributed by atoms with E-state index in [1.165, 1.54) is 0 Å². The van der Waals surface area contributed by atoms with E-state index in [1.807, 2.05) is 27.9 Å². The number of aliphatic hydroxyl groups is 1. The van der Waals surface area contributed by atoms with Crippen molar-refractivity contribution in [2.75, 3.05) is 64.6 Å². The zero-order valence-electron chi connectivity index (χ0n) is 29.3. The van der Waals surface area contributed by atoms with Crippen molar-refractivity contribution in [1.82, 2.24) is 19.9 Å². The van der Waals surface area contributed by atoms with Gasteiger partial charge in [0.1, 0.15) is 17.1 Å². The number of ether oxygens (including phenoxy) is 2. The van der Waals surface area contributed by atoms with Crippen LogP contribution < -0.4 is 15.4 Å². The summed E-state index contributed by atoms with van der Waals surface area (Å²) in [7, 11) is 5.77. The van der Waals surface area contributed by atoms with Crippen LogP contribution in [0.15, 0.2) is 22.7 Å². The maximum atomic E-state index is 14.3. The lowest BCUT2D eigenvalue weighted by molar-refractivity contribution is -0.132. The van der Waals surface area contributed by atoms with Crippen LogP contribution in [-0.4, -0.2) is 115 Å². The van der Waals surface area contributed by atoms with Crippen molar-refractivity contribution in [3.63, 3.8) is 0 Å². The van der Waals surface area contributed by atoms with Crippen LogP contribution in [-0.2, 0) is 9.53 Å². The molecular formula is C34H54N6O7. The number of fused-ring (bicyclic) bond motifs is 1. The molecule has 1 aliphatic heterocycles. The normalized spacial score (nSPS) is 20.2. The van der Waals surface area contributed by atoms with Crippen molar-refractivity contribution in [2.45, 2.75) is 85.0 Å². The zero-order chi connectivity index (χ0) is 34.7. The topological polar surface area (TPSA) is 150 Å². The van der Waals surface area contributed by atoms with Gasteiger partial charge in [-0.3, -0.25) is 9.59 Å². The Hall–Kier alpha value is -3.68. The first kappa shape index (κ1) is 37.8. The summed E-state index contributed by atoms with van der Waals surface area (Å²) in [6, 6.07) is 3.94. The zero-order valence-corrected chi connectivity index (χ0v) is 29.3. The first-order valence-corrected chi connectivity index (χ1v) is 16.5. The number of hydrogen-bond acceptors (Lipinski definition) is 9. The average Bonchev–Trinajstić information content (AvgIpc) is 3.34. The third-order valence-electron chi connectivity index (χ3n) is 8.46. The average molecular weight is 659 g/mol. The van der Waals surface area contributed by atoms with Gasteiger partial charge in [-0.05, 0) is 92.2 Å². The third-order valence-corrected chi connectivity index (χ3v) is 8.46. The second kappa shape index (κ2) is 18.0. The Morgan fingerprint density at radius 2 is 1.89 bits per heavy atom. The highest BCUT2D eigenvalue weighted by molar-refractivity contribution is 6.03.